The van der Waals surface area contributed by atoms with E-state index in [0.717, 1.165) is 37.7 Å². The average Bonchev–Trinajstić information content (AvgIpc) is 2.91. The predicted octanol–water partition coefficient (Wildman–Crippen LogP) is 7.73. The molecule has 0 aliphatic carbocycles. The van der Waals surface area contributed by atoms with E-state index in [9.17, 15) is 20.1 Å². The zero-order valence-corrected chi connectivity index (χ0v) is 22.7. The van der Waals surface area contributed by atoms with Crippen LogP contribution in [-0.2, 0) is 0 Å². The van der Waals surface area contributed by atoms with Gasteiger partial charge in [0.2, 0.25) is 0 Å². The van der Waals surface area contributed by atoms with Crippen LogP contribution < -0.4 is 9.80 Å². The topological polar surface area (TPSA) is 84.2 Å². The van der Waals surface area contributed by atoms with Gasteiger partial charge < -0.3 is 25.1 Å². The predicted molar refractivity (Wildman–Crippen MR) is 152 cm³/mol. The van der Waals surface area contributed by atoms with Crippen LogP contribution in [0.4, 0.5) is 17.1 Å². The molecule has 37 heavy (non-hydrogen) atoms. The quantitative estimate of drug-likeness (QED) is 0.288. The number of nitrogens with zero attached hydrogens (tertiary/aromatic N) is 2. The number of aromatic hydroxyl groups is 3. The van der Waals surface area contributed by atoms with Crippen molar-refractivity contribution in [3.05, 3.63) is 70.8 Å². The fourth-order valence-electron chi connectivity index (χ4n) is 4.64. The van der Waals surface area contributed by atoms with Crippen molar-refractivity contribution in [2.24, 2.45) is 0 Å². The third-order valence-corrected chi connectivity index (χ3v) is 6.57. The zero-order valence-electron chi connectivity index (χ0n) is 22.7. The number of benzene rings is 2. The summed E-state index contributed by atoms with van der Waals surface area (Å²) in [4.78, 5) is 17.1. The Bertz CT molecular complexity index is 1220. The van der Waals surface area contributed by atoms with Crippen molar-refractivity contribution >= 4 is 23.0 Å². The van der Waals surface area contributed by atoms with Gasteiger partial charge in [-0.25, -0.2) is 0 Å². The molecule has 6 heteroatoms. The van der Waals surface area contributed by atoms with Gasteiger partial charge in [0.05, 0.1) is 16.9 Å². The van der Waals surface area contributed by atoms with Crippen LogP contribution in [0, 0.1) is 0 Å². The third-order valence-electron chi connectivity index (χ3n) is 6.57. The highest BCUT2D eigenvalue weighted by molar-refractivity contribution is 6.15. The lowest BCUT2D eigenvalue weighted by Crippen LogP contribution is -2.30. The Morgan fingerprint density at radius 1 is 0.838 bits per heavy atom. The molecule has 198 valence electrons. The Morgan fingerprint density at radius 3 is 2.19 bits per heavy atom. The van der Waals surface area contributed by atoms with Gasteiger partial charge in [-0.15, -0.1) is 0 Å². The first-order chi connectivity index (χ1) is 17.6. The Balaban J connectivity index is 1.90. The number of para-hydroxylation sites is 1. The number of rotatable bonds is 10. The van der Waals surface area contributed by atoms with Gasteiger partial charge in [-0.3, -0.25) is 4.79 Å². The first-order valence-electron chi connectivity index (χ1n) is 13.1. The minimum atomic E-state index is -0.296. The number of phenolic OH excluding ortho intramolecular Hbond substituents is 3. The monoisotopic (exact) mass is 504 g/mol. The standard InChI is InChI=1S/C31H40N2O4/c1-6-17-33-29-25(14-9-15-27(29)35)31(37)32(26-19-24(34)20-28(36)30(26)33)18-16-23(5)13-8-12-22(4)11-7-10-21(2)3/h9-10,12,14-16,19-20,34-36H,6-8,11,13,17-18H2,1-5H3/b22-12+,23-16+. The Hall–Kier alpha value is -3.67. The molecule has 0 aromatic heterocycles. The van der Waals surface area contributed by atoms with Crippen LogP contribution >= 0.6 is 0 Å². The number of anilines is 3. The highest BCUT2D eigenvalue weighted by Crippen LogP contribution is 2.50. The van der Waals surface area contributed by atoms with Crippen molar-refractivity contribution < 1.29 is 20.1 Å². The van der Waals surface area contributed by atoms with Crippen LogP contribution in [0.1, 0.15) is 77.1 Å². The van der Waals surface area contributed by atoms with Gasteiger partial charge in [0.15, 0.2) is 0 Å². The molecule has 3 rings (SSSR count). The van der Waals surface area contributed by atoms with E-state index in [0.29, 0.717) is 29.2 Å². The summed E-state index contributed by atoms with van der Waals surface area (Å²) >= 11 is 0. The first-order valence-corrected chi connectivity index (χ1v) is 13.1. The van der Waals surface area contributed by atoms with Gasteiger partial charge in [0.25, 0.3) is 5.91 Å². The Kier molecular flexibility index (Phi) is 9.45. The smallest absolute Gasteiger partial charge is 0.260 e. The lowest BCUT2D eigenvalue weighted by molar-refractivity contribution is 0.0990. The number of fused-ring (bicyclic) bond motifs is 2. The number of amides is 1. The molecule has 0 atom stereocenters. The van der Waals surface area contributed by atoms with E-state index >= 15 is 0 Å². The van der Waals surface area contributed by atoms with Crippen LogP contribution in [0.15, 0.2) is 65.3 Å². The maximum atomic E-state index is 13.8. The van der Waals surface area contributed by atoms with Crippen molar-refractivity contribution in [1.82, 2.24) is 0 Å². The lowest BCUT2D eigenvalue weighted by Gasteiger charge is -2.28. The van der Waals surface area contributed by atoms with Gasteiger partial charge in [0.1, 0.15) is 22.9 Å². The molecular formula is C31H40N2O4. The van der Waals surface area contributed by atoms with Crippen molar-refractivity contribution in [2.45, 2.75) is 66.7 Å². The zero-order chi connectivity index (χ0) is 27.1. The molecule has 2 aromatic carbocycles. The number of phenols is 3. The molecule has 1 aliphatic rings. The molecular weight excluding hydrogens is 464 g/mol. The van der Waals surface area contributed by atoms with Gasteiger partial charge in [0, 0.05) is 25.2 Å². The second kappa shape index (κ2) is 12.5. The summed E-state index contributed by atoms with van der Waals surface area (Å²) in [6.45, 7) is 11.2. The second-order valence-electron chi connectivity index (χ2n) is 10.0. The maximum Gasteiger partial charge on any atom is 0.260 e. The lowest BCUT2D eigenvalue weighted by atomic mass is 10.1. The molecule has 6 nitrogen and oxygen atoms in total. The number of carbonyl (C=O) groups excluding carboxylic acids is 1. The van der Waals surface area contributed by atoms with E-state index in [1.54, 1.807) is 28.0 Å². The molecule has 1 heterocycles. The highest BCUT2D eigenvalue weighted by atomic mass is 16.3. The van der Waals surface area contributed by atoms with Crippen molar-refractivity contribution in [3.8, 4) is 17.2 Å². The van der Waals surface area contributed by atoms with Crippen LogP contribution in [0.5, 0.6) is 17.2 Å². The van der Waals surface area contributed by atoms with E-state index in [1.165, 1.54) is 23.3 Å². The third kappa shape index (κ3) is 6.76. The molecule has 2 aromatic rings. The minimum Gasteiger partial charge on any atom is -0.508 e. The number of allylic oxidation sites excluding steroid dienone is 5. The summed E-state index contributed by atoms with van der Waals surface area (Å²) < 4.78 is 0. The fraction of sp³-hybridized carbons (Fsp3) is 0.387. The van der Waals surface area contributed by atoms with Gasteiger partial charge >= 0.3 is 0 Å². The fourth-order valence-corrected chi connectivity index (χ4v) is 4.64. The second-order valence-corrected chi connectivity index (χ2v) is 10.0. The largest absolute Gasteiger partial charge is 0.508 e. The number of hydrogen-bond acceptors (Lipinski definition) is 5. The van der Waals surface area contributed by atoms with Crippen molar-refractivity contribution in [1.29, 1.82) is 0 Å². The molecule has 0 radical (unpaired) electrons. The summed E-state index contributed by atoms with van der Waals surface area (Å²) in [5.74, 6) is -0.602. The summed E-state index contributed by atoms with van der Waals surface area (Å²) in [7, 11) is 0. The molecule has 0 spiro atoms. The van der Waals surface area contributed by atoms with E-state index in [1.807, 2.05) is 13.0 Å². The molecule has 0 unspecified atom stereocenters. The Labute approximate surface area is 220 Å². The molecule has 1 amide bonds. The minimum absolute atomic E-state index is 0.0296. The van der Waals surface area contributed by atoms with Crippen molar-refractivity contribution in [3.63, 3.8) is 0 Å². The summed E-state index contributed by atoms with van der Waals surface area (Å²) in [6, 6.07) is 7.65. The summed E-state index contributed by atoms with van der Waals surface area (Å²) in [5, 5.41) is 31.9. The highest BCUT2D eigenvalue weighted by Gasteiger charge is 2.34. The molecule has 0 saturated carbocycles. The number of carbonyl (C=O) groups is 1. The van der Waals surface area contributed by atoms with E-state index in [2.05, 4.69) is 39.8 Å². The van der Waals surface area contributed by atoms with Gasteiger partial charge in [-0.1, -0.05) is 47.9 Å². The number of hydrogen-bond donors (Lipinski definition) is 3. The summed E-state index contributed by atoms with van der Waals surface area (Å²) in [6.07, 6.45) is 11.2. The average molecular weight is 505 g/mol. The van der Waals surface area contributed by atoms with E-state index in [-0.39, 0.29) is 29.7 Å². The SMILES string of the molecule is CCCN1c2c(O)cccc2C(=O)N(C/C=C(\C)CC/C=C(\C)CCC=C(C)C)c2cc(O)cc(O)c21. The van der Waals surface area contributed by atoms with Crippen LogP contribution in [0.2, 0.25) is 0 Å². The van der Waals surface area contributed by atoms with Gasteiger partial charge in [-0.05, 0) is 71.9 Å². The van der Waals surface area contributed by atoms with Crippen LogP contribution in [0.3, 0.4) is 0 Å². The molecule has 0 bridgehead atoms. The molecule has 3 N–H and O–H groups in total. The van der Waals surface area contributed by atoms with Gasteiger partial charge in [-0.2, -0.15) is 0 Å². The maximum absolute atomic E-state index is 13.8. The molecule has 1 aliphatic heterocycles. The normalized spacial score (nSPS) is 13.8. The van der Waals surface area contributed by atoms with Crippen molar-refractivity contribution in [2.75, 3.05) is 22.9 Å². The Morgan fingerprint density at radius 2 is 1.51 bits per heavy atom. The molecule has 0 fully saturated rings. The van der Waals surface area contributed by atoms with Crippen LogP contribution in [0.25, 0.3) is 0 Å². The van der Waals surface area contributed by atoms with Crippen LogP contribution in [-0.4, -0.2) is 34.3 Å². The van der Waals surface area contributed by atoms with E-state index in [4.69, 9.17) is 0 Å². The molecule has 0 saturated heterocycles. The first kappa shape index (κ1) is 27.9. The summed E-state index contributed by atoms with van der Waals surface area (Å²) in [5.41, 5.74) is 5.39. The van der Waals surface area contributed by atoms with E-state index < -0.39 is 0 Å².